The SMILES string of the molecule is Cc1cc(C=CCC(=O)O)ccc1[N+](=O)[O-]. The van der Waals surface area contributed by atoms with Crippen molar-refractivity contribution in [2.75, 3.05) is 0 Å². The summed E-state index contributed by atoms with van der Waals surface area (Å²) >= 11 is 0. The van der Waals surface area contributed by atoms with E-state index in [-0.39, 0.29) is 12.1 Å². The van der Waals surface area contributed by atoms with Gasteiger partial charge >= 0.3 is 5.97 Å². The fraction of sp³-hybridized carbons (Fsp3) is 0.182. The molecule has 1 rings (SSSR count). The molecule has 0 spiro atoms. The molecule has 0 heterocycles. The lowest BCUT2D eigenvalue weighted by molar-refractivity contribution is -0.385. The number of carboxylic acid groups (broad SMARTS) is 1. The van der Waals surface area contributed by atoms with Gasteiger partial charge in [0.25, 0.3) is 5.69 Å². The van der Waals surface area contributed by atoms with Crippen LogP contribution < -0.4 is 0 Å². The Labute approximate surface area is 92.2 Å². The maximum Gasteiger partial charge on any atom is 0.307 e. The maximum absolute atomic E-state index is 10.5. The van der Waals surface area contributed by atoms with E-state index in [1.165, 1.54) is 12.1 Å². The second-order valence-electron chi connectivity index (χ2n) is 3.30. The van der Waals surface area contributed by atoms with Crippen LogP contribution in [0.5, 0.6) is 0 Å². The summed E-state index contributed by atoms with van der Waals surface area (Å²) in [4.78, 5) is 20.4. The molecular formula is C11H11NO4. The largest absolute Gasteiger partial charge is 0.481 e. The van der Waals surface area contributed by atoms with E-state index in [4.69, 9.17) is 5.11 Å². The van der Waals surface area contributed by atoms with Crippen LogP contribution in [0.3, 0.4) is 0 Å². The summed E-state index contributed by atoms with van der Waals surface area (Å²) < 4.78 is 0. The quantitative estimate of drug-likeness (QED) is 0.625. The summed E-state index contributed by atoms with van der Waals surface area (Å²) in [6.07, 6.45) is 3.07. The van der Waals surface area contributed by atoms with E-state index in [1.54, 1.807) is 25.1 Å². The van der Waals surface area contributed by atoms with Crippen molar-refractivity contribution >= 4 is 17.7 Å². The van der Waals surface area contributed by atoms with Gasteiger partial charge < -0.3 is 5.11 Å². The van der Waals surface area contributed by atoms with Gasteiger partial charge in [-0.15, -0.1) is 0 Å². The number of hydrogen-bond donors (Lipinski definition) is 1. The van der Waals surface area contributed by atoms with E-state index >= 15 is 0 Å². The molecular weight excluding hydrogens is 210 g/mol. The standard InChI is InChI=1S/C11H11NO4/c1-8-7-9(3-2-4-11(13)14)5-6-10(8)12(15)16/h2-3,5-7H,4H2,1H3,(H,13,14). The Kier molecular flexibility index (Phi) is 3.77. The van der Waals surface area contributed by atoms with E-state index in [0.717, 1.165) is 5.56 Å². The second kappa shape index (κ2) is 5.06. The number of hydrogen-bond acceptors (Lipinski definition) is 3. The molecule has 16 heavy (non-hydrogen) atoms. The first-order valence-corrected chi connectivity index (χ1v) is 4.64. The Morgan fingerprint density at radius 3 is 2.75 bits per heavy atom. The summed E-state index contributed by atoms with van der Waals surface area (Å²) in [5.41, 5.74) is 1.38. The molecule has 0 radical (unpaired) electrons. The second-order valence-corrected chi connectivity index (χ2v) is 3.30. The number of nitro benzene ring substituents is 1. The van der Waals surface area contributed by atoms with Gasteiger partial charge in [-0.3, -0.25) is 14.9 Å². The maximum atomic E-state index is 10.5. The fourth-order valence-corrected chi connectivity index (χ4v) is 1.28. The number of nitro groups is 1. The average molecular weight is 221 g/mol. The van der Waals surface area contributed by atoms with Gasteiger partial charge in [0.1, 0.15) is 0 Å². The number of aliphatic carboxylic acids is 1. The van der Waals surface area contributed by atoms with Crippen molar-refractivity contribution in [3.63, 3.8) is 0 Å². The van der Waals surface area contributed by atoms with Gasteiger partial charge in [0, 0.05) is 11.6 Å². The van der Waals surface area contributed by atoms with Gasteiger partial charge in [0.15, 0.2) is 0 Å². The van der Waals surface area contributed by atoms with Crippen molar-refractivity contribution < 1.29 is 14.8 Å². The molecule has 0 atom stereocenters. The zero-order valence-electron chi connectivity index (χ0n) is 8.71. The van der Waals surface area contributed by atoms with Crippen molar-refractivity contribution in [3.05, 3.63) is 45.5 Å². The highest BCUT2D eigenvalue weighted by atomic mass is 16.6. The van der Waals surface area contributed by atoms with E-state index in [0.29, 0.717) is 5.56 Å². The van der Waals surface area contributed by atoms with Gasteiger partial charge in [0.2, 0.25) is 0 Å². The Balaban J connectivity index is 2.85. The number of benzene rings is 1. The molecule has 0 aliphatic heterocycles. The normalized spacial score (nSPS) is 10.6. The minimum atomic E-state index is -0.908. The van der Waals surface area contributed by atoms with Gasteiger partial charge in [-0.05, 0) is 24.6 Å². The molecule has 1 aromatic rings. The Morgan fingerprint density at radius 2 is 2.25 bits per heavy atom. The summed E-state index contributed by atoms with van der Waals surface area (Å²) in [6.45, 7) is 1.65. The van der Waals surface area contributed by atoms with Gasteiger partial charge in [-0.25, -0.2) is 0 Å². The minimum absolute atomic E-state index is 0.0595. The minimum Gasteiger partial charge on any atom is -0.481 e. The van der Waals surface area contributed by atoms with Crippen LogP contribution in [-0.4, -0.2) is 16.0 Å². The smallest absolute Gasteiger partial charge is 0.307 e. The number of carboxylic acids is 1. The van der Waals surface area contributed by atoms with Gasteiger partial charge in [-0.1, -0.05) is 12.2 Å². The van der Waals surface area contributed by atoms with Crippen molar-refractivity contribution in [3.8, 4) is 0 Å². The molecule has 84 valence electrons. The van der Waals surface area contributed by atoms with E-state index in [1.807, 2.05) is 0 Å². The molecule has 0 aliphatic rings. The van der Waals surface area contributed by atoms with Gasteiger partial charge in [0.05, 0.1) is 11.3 Å². The third kappa shape index (κ3) is 3.20. The predicted molar refractivity (Wildman–Crippen MR) is 59.1 cm³/mol. The van der Waals surface area contributed by atoms with Crippen LogP contribution in [0.15, 0.2) is 24.3 Å². The molecule has 0 bridgehead atoms. The fourth-order valence-electron chi connectivity index (χ4n) is 1.28. The lowest BCUT2D eigenvalue weighted by Gasteiger charge is -1.98. The molecule has 1 N–H and O–H groups in total. The third-order valence-electron chi connectivity index (χ3n) is 2.02. The number of rotatable bonds is 4. The first-order valence-electron chi connectivity index (χ1n) is 4.64. The van der Waals surface area contributed by atoms with E-state index < -0.39 is 10.9 Å². The van der Waals surface area contributed by atoms with Crippen LogP contribution >= 0.6 is 0 Å². The molecule has 1 aromatic carbocycles. The molecule has 0 unspecified atom stereocenters. The topological polar surface area (TPSA) is 80.4 Å². The van der Waals surface area contributed by atoms with Crippen LogP contribution in [0.25, 0.3) is 6.08 Å². The molecule has 0 saturated heterocycles. The molecule has 0 aliphatic carbocycles. The number of nitrogens with zero attached hydrogens (tertiary/aromatic N) is 1. The van der Waals surface area contributed by atoms with E-state index in [9.17, 15) is 14.9 Å². The van der Waals surface area contributed by atoms with E-state index in [2.05, 4.69) is 0 Å². The van der Waals surface area contributed by atoms with Crippen molar-refractivity contribution in [1.29, 1.82) is 0 Å². The average Bonchev–Trinajstić information content (AvgIpc) is 2.16. The monoisotopic (exact) mass is 221 g/mol. The number of aryl methyl sites for hydroxylation is 1. The van der Waals surface area contributed by atoms with Crippen molar-refractivity contribution in [1.82, 2.24) is 0 Å². The number of carbonyl (C=O) groups is 1. The highest BCUT2D eigenvalue weighted by Gasteiger charge is 2.08. The van der Waals surface area contributed by atoms with Crippen LogP contribution in [-0.2, 0) is 4.79 Å². The van der Waals surface area contributed by atoms with Crippen molar-refractivity contribution in [2.24, 2.45) is 0 Å². The molecule has 0 aromatic heterocycles. The zero-order chi connectivity index (χ0) is 12.1. The zero-order valence-corrected chi connectivity index (χ0v) is 8.71. The van der Waals surface area contributed by atoms with Crippen LogP contribution in [0.4, 0.5) is 5.69 Å². The van der Waals surface area contributed by atoms with Crippen LogP contribution in [0.1, 0.15) is 17.5 Å². The molecule has 0 amide bonds. The van der Waals surface area contributed by atoms with Crippen molar-refractivity contribution in [2.45, 2.75) is 13.3 Å². The lowest BCUT2D eigenvalue weighted by Crippen LogP contribution is -1.92. The Morgan fingerprint density at radius 1 is 1.56 bits per heavy atom. The molecule has 0 fully saturated rings. The summed E-state index contributed by atoms with van der Waals surface area (Å²) in [5, 5.41) is 19.0. The summed E-state index contributed by atoms with van der Waals surface area (Å²) in [6, 6.07) is 4.65. The Hall–Kier alpha value is -2.17. The highest BCUT2D eigenvalue weighted by Crippen LogP contribution is 2.19. The molecule has 5 heteroatoms. The third-order valence-corrected chi connectivity index (χ3v) is 2.02. The summed E-state index contributed by atoms with van der Waals surface area (Å²) in [7, 11) is 0. The summed E-state index contributed by atoms with van der Waals surface area (Å²) in [5.74, 6) is -0.908. The van der Waals surface area contributed by atoms with Crippen LogP contribution in [0.2, 0.25) is 0 Å². The molecule has 5 nitrogen and oxygen atoms in total. The lowest BCUT2D eigenvalue weighted by atomic mass is 10.1. The first-order chi connectivity index (χ1) is 7.50. The molecule has 0 saturated carbocycles. The van der Waals surface area contributed by atoms with Crippen LogP contribution in [0, 0.1) is 17.0 Å². The Bertz CT molecular complexity index is 451. The van der Waals surface area contributed by atoms with Gasteiger partial charge in [-0.2, -0.15) is 0 Å². The predicted octanol–water partition coefficient (Wildman–Crippen LogP) is 2.39. The highest BCUT2D eigenvalue weighted by molar-refractivity contribution is 5.70. The first kappa shape index (κ1) is 11.9.